The molecule has 2 rings (SSSR count). The fourth-order valence-corrected chi connectivity index (χ4v) is 2.90. The quantitative estimate of drug-likeness (QED) is 0.826. The van der Waals surface area contributed by atoms with Crippen LogP contribution in [0, 0.1) is 5.92 Å². The fourth-order valence-electron chi connectivity index (χ4n) is 2.90. The summed E-state index contributed by atoms with van der Waals surface area (Å²) in [5, 5.41) is 2.91. The second-order valence-electron chi connectivity index (χ2n) is 5.86. The number of halogens is 2. The molecule has 1 aliphatic heterocycles. The van der Waals surface area contributed by atoms with Gasteiger partial charge in [0, 0.05) is 24.1 Å². The summed E-state index contributed by atoms with van der Waals surface area (Å²) in [6.07, 6.45) is -1.10. The van der Waals surface area contributed by atoms with Crippen LogP contribution in [0.3, 0.4) is 0 Å². The van der Waals surface area contributed by atoms with Crippen LogP contribution in [0.5, 0.6) is 11.5 Å². The molecule has 0 saturated carbocycles. The van der Waals surface area contributed by atoms with Crippen LogP contribution in [0.15, 0.2) is 18.2 Å². The van der Waals surface area contributed by atoms with Crippen molar-refractivity contribution in [2.24, 2.45) is 5.92 Å². The number of nitrogens with one attached hydrogen (secondary N) is 1. The number of amides is 1. The van der Waals surface area contributed by atoms with Crippen LogP contribution < -0.4 is 14.8 Å². The highest BCUT2D eigenvalue weighted by atomic mass is 19.3. The van der Waals surface area contributed by atoms with E-state index in [1.165, 1.54) is 0 Å². The molecular weight excluding hydrogens is 318 g/mol. The number of carbonyl (C=O) groups is 1. The maximum atomic E-state index is 12.4. The predicted octanol–water partition coefficient (Wildman–Crippen LogP) is 2.30. The van der Waals surface area contributed by atoms with Crippen molar-refractivity contribution in [3.8, 4) is 11.5 Å². The van der Waals surface area contributed by atoms with Crippen LogP contribution in [0.2, 0.25) is 0 Å². The number of rotatable bonds is 7. The van der Waals surface area contributed by atoms with E-state index in [1.807, 2.05) is 12.1 Å². The highest BCUT2D eigenvalue weighted by Gasteiger charge is 2.26. The molecule has 0 aliphatic carbocycles. The van der Waals surface area contributed by atoms with Gasteiger partial charge in [-0.3, -0.25) is 9.69 Å². The van der Waals surface area contributed by atoms with E-state index in [-0.39, 0.29) is 18.4 Å². The summed E-state index contributed by atoms with van der Waals surface area (Å²) in [6, 6.07) is 5.43. The van der Waals surface area contributed by atoms with E-state index in [9.17, 15) is 13.6 Å². The van der Waals surface area contributed by atoms with Gasteiger partial charge in [0.25, 0.3) is 6.43 Å². The number of nitrogens with zero attached hydrogens (tertiary/aromatic N) is 1. The topological polar surface area (TPSA) is 50.8 Å². The first-order valence-electron chi connectivity index (χ1n) is 8.02. The summed E-state index contributed by atoms with van der Waals surface area (Å²) in [4.78, 5) is 14.0. The van der Waals surface area contributed by atoms with Gasteiger partial charge in [0.15, 0.2) is 0 Å². The standard InChI is InChI=1S/C17H24F2N2O3/c1-23-14-4-3-13(15(9-14)24-2)10-20-17(22)12-5-7-21(8-6-12)11-16(18)19/h3-4,9,12,16H,5-8,10-11H2,1-2H3,(H,20,22). The van der Waals surface area contributed by atoms with Gasteiger partial charge in [-0.2, -0.15) is 0 Å². The lowest BCUT2D eigenvalue weighted by Crippen LogP contribution is -2.41. The minimum atomic E-state index is -2.32. The molecule has 1 amide bonds. The molecule has 0 spiro atoms. The summed E-state index contributed by atoms with van der Waals surface area (Å²) in [5.74, 6) is 1.18. The SMILES string of the molecule is COc1ccc(CNC(=O)C2CCN(CC(F)F)CC2)c(OC)c1. The third-order valence-corrected chi connectivity index (χ3v) is 4.30. The maximum Gasteiger partial charge on any atom is 0.251 e. The molecule has 0 radical (unpaired) electrons. The zero-order valence-corrected chi connectivity index (χ0v) is 14.1. The Morgan fingerprint density at radius 1 is 1.29 bits per heavy atom. The van der Waals surface area contributed by atoms with E-state index in [2.05, 4.69) is 5.32 Å². The van der Waals surface area contributed by atoms with E-state index in [1.54, 1.807) is 25.2 Å². The Morgan fingerprint density at radius 2 is 2.00 bits per heavy atom. The molecule has 5 nitrogen and oxygen atoms in total. The molecule has 0 unspecified atom stereocenters. The van der Waals surface area contributed by atoms with Gasteiger partial charge in [-0.1, -0.05) is 0 Å². The zero-order chi connectivity index (χ0) is 17.5. The number of likely N-dealkylation sites (tertiary alicyclic amines) is 1. The van der Waals surface area contributed by atoms with E-state index < -0.39 is 6.43 Å². The Labute approximate surface area is 140 Å². The molecule has 7 heteroatoms. The average Bonchev–Trinajstić information content (AvgIpc) is 2.59. The monoisotopic (exact) mass is 342 g/mol. The van der Waals surface area contributed by atoms with Crippen molar-refractivity contribution in [1.82, 2.24) is 10.2 Å². The summed E-state index contributed by atoms with van der Waals surface area (Å²) < 4.78 is 35.2. The highest BCUT2D eigenvalue weighted by molar-refractivity contribution is 5.78. The van der Waals surface area contributed by atoms with Crippen molar-refractivity contribution in [3.05, 3.63) is 23.8 Å². The normalized spacial score (nSPS) is 16.2. The van der Waals surface area contributed by atoms with Gasteiger partial charge in [0.1, 0.15) is 11.5 Å². The third kappa shape index (κ3) is 5.06. The number of alkyl halides is 2. The first-order chi connectivity index (χ1) is 11.5. The van der Waals surface area contributed by atoms with E-state index in [0.717, 1.165) is 5.56 Å². The van der Waals surface area contributed by atoms with Gasteiger partial charge >= 0.3 is 0 Å². The van der Waals surface area contributed by atoms with Crippen molar-refractivity contribution in [3.63, 3.8) is 0 Å². The lowest BCUT2D eigenvalue weighted by molar-refractivity contribution is -0.126. The predicted molar refractivity (Wildman–Crippen MR) is 86.6 cm³/mol. The van der Waals surface area contributed by atoms with E-state index in [4.69, 9.17) is 9.47 Å². The van der Waals surface area contributed by atoms with Crippen molar-refractivity contribution < 1.29 is 23.0 Å². The molecular formula is C17H24F2N2O3. The van der Waals surface area contributed by atoms with Crippen LogP contribution in [-0.2, 0) is 11.3 Å². The zero-order valence-electron chi connectivity index (χ0n) is 14.1. The van der Waals surface area contributed by atoms with Crippen LogP contribution in [0.4, 0.5) is 8.78 Å². The van der Waals surface area contributed by atoms with Gasteiger partial charge in [-0.25, -0.2) is 8.78 Å². The van der Waals surface area contributed by atoms with E-state index in [0.29, 0.717) is 44.0 Å². The summed E-state index contributed by atoms with van der Waals surface area (Å²) in [7, 11) is 3.15. The first-order valence-corrected chi connectivity index (χ1v) is 8.02. The number of carbonyl (C=O) groups excluding carboxylic acids is 1. The molecule has 1 aliphatic rings. The summed E-state index contributed by atoms with van der Waals surface area (Å²) in [5.41, 5.74) is 0.863. The number of hydrogen-bond acceptors (Lipinski definition) is 4. The van der Waals surface area contributed by atoms with Crippen molar-refractivity contribution in [1.29, 1.82) is 0 Å². The first kappa shape index (κ1) is 18.4. The summed E-state index contributed by atoms with van der Waals surface area (Å²) >= 11 is 0. The van der Waals surface area contributed by atoms with Gasteiger partial charge in [0.05, 0.1) is 20.8 Å². The van der Waals surface area contributed by atoms with Crippen molar-refractivity contribution in [2.45, 2.75) is 25.8 Å². The van der Waals surface area contributed by atoms with Crippen LogP contribution in [0.1, 0.15) is 18.4 Å². The molecule has 1 aromatic rings. The molecule has 1 aromatic carbocycles. The van der Waals surface area contributed by atoms with Gasteiger partial charge in [-0.05, 0) is 38.1 Å². The third-order valence-electron chi connectivity index (χ3n) is 4.30. The molecule has 0 aromatic heterocycles. The molecule has 1 N–H and O–H groups in total. The Kier molecular flexibility index (Phi) is 6.78. The van der Waals surface area contributed by atoms with Gasteiger partial charge < -0.3 is 14.8 Å². The number of benzene rings is 1. The molecule has 134 valence electrons. The molecule has 0 atom stereocenters. The number of piperidine rings is 1. The van der Waals surface area contributed by atoms with Crippen LogP contribution in [-0.4, -0.2) is 51.1 Å². The molecule has 1 saturated heterocycles. The molecule has 24 heavy (non-hydrogen) atoms. The number of methoxy groups -OCH3 is 2. The van der Waals surface area contributed by atoms with Crippen molar-refractivity contribution >= 4 is 5.91 Å². The maximum absolute atomic E-state index is 12.4. The van der Waals surface area contributed by atoms with E-state index >= 15 is 0 Å². The lowest BCUT2D eigenvalue weighted by atomic mass is 9.96. The van der Waals surface area contributed by atoms with Crippen LogP contribution in [0.25, 0.3) is 0 Å². The Bertz CT molecular complexity index is 547. The minimum absolute atomic E-state index is 0.0374. The van der Waals surface area contributed by atoms with Crippen molar-refractivity contribution in [2.75, 3.05) is 33.9 Å². The summed E-state index contributed by atoms with van der Waals surface area (Å²) in [6.45, 7) is 1.23. The molecule has 0 bridgehead atoms. The number of ether oxygens (including phenoxy) is 2. The number of hydrogen-bond donors (Lipinski definition) is 1. The highest BCUT2D eigenvalue weighted by Crippen LogP contribution is 2.25. The molecule has 1 fully saturated rings. The lowest BCUT2D eigenvalue weighted by Gasteiger charge is -2.30. The Balaban J connectivity index is 1.83. The van der Waals surface area contributed by atoms with Gasteiger partial charge in [-0.15, -0.1) is 0 Å². The largest absolute Gasteiger partial charge is 0.497 e. The molecule has 1 heterocycles. The fraction of sp³-hybridized carbons (Fsp3) is 0.588. The van der Waals surface area contributed by atoms with Crippen LogP contribution >= 0.6 is 0 Å². The average molecular weight is 342 g/mol. The Hall–Kier alpha value is -1.89. The second kappa shape index (κ2) is 8.82. The van der Waals surface area contributed by atoms with Gasteiger partial charge in [0.2, 0.25) is 5.91 Å². The smallest absolute Gasteiger partial charge is 0.251 e. The second-order valence-corrected chi connectivity index (χ2v) is 5.86. The Morgan fingerprint density at radius 3 is 2.58 bits per heavy atom. The minimum Gasteiger partial charge on any atom is -0.497 e.